The number of nitrogens with zero attached hydrogens (tertiary/aromatic N) is 3. The van der Waals surface area contributed by atoms with Gasteiger partial charge in [-0.05, 0) is 47.5 Å². The fourth-order valence-electron chi connectivity index (χ4n) is 4.06. The van der Waals surface area contributed by atoms with Crippen LogP contribution in [0.5, 0.6) is 11.5 Å². The van der Waals surface area contributed by atoms with Gasteiger partial charge >= 0.3 is 0 Å². The molecule has 1 fully saturated rings. The summed E-state index contributed by atoms with van der Waals surface area (Å²) in [4.78, 5) is 42.1. The number of aliphatic hydroxyl groups excluding tert-OH is 1. The Balaban J connectivity index is 1.63. The van der Waals surface area contributed by atoms with Crippen molar-refractivity contribution in [2.75, 3.05) is 6.79 Å². The number of ether oxygens (including phenoxy) is 2. The average molecular weight is 459 g/mol. The molecule has 0 radical (unpaired) electrons. The van der Waals surface area contributed by atoms with Gasteiger partial charge in [0.1, 0.15) is 5.76 Å². The molecule has 0 spiro atoms. The van der Waals surface area contributed by atoms with Crippen LogP contribution in [-0.4, -0.2) is 38.4 Å². The Morgan fingerprint density at radius 2 is 1.88 bits per heavy atom. The van der Waals surface area contributed by atoms with Crippen molar-refractivity contribution in [2.24, 2.45) is 0 Å². The van der Waals surface area contributed by atoms with Crippen LogP contribution in [0.1, 0.15) is 22.7 Å². The van der Waals surface area contributed by atoms with E-state index in [-0.39, 0.29) is 35.9 Å². The summed E-state index contributed by atoms with van der Waals surface area (Å²) in [7, 11) is 0. The number of nitro benzene ring substituents is 1. The van der Waals surface area contributed by atoms with Gasteiger partial charge in [-0.2, -0.15) is 0 Å². The van der Waals surface area contributed by atoms with Gasteiger partial charge < -0.3 is 19.5 Å². The van der Waals surface area contributed by atoms with Gasteiger partial charge in [-0.25, -0.2) is 0 Å². The molecule has 0 bridgehead atoms. The molecule has 1 aromatic heterocycles. The van der Waals surface area contributed by atoms with Crippen LogP contribution in [0, 0.1) is 10.1 Å². The molecule has 2 aromatic carbocycles. The van der Waals surface area contributed by atoms with Gasteiger partial charge in [0.15, 0.2) is 11.5 Å². The van der Waals surface area contributed by atoms with E-state index in [4.69, 9.17) is 9.47 Å². The third kappa shape index (κ3) is 3.60. The van der Waals surface area contributed by atoms with Crippen molar-refractivity contribution in [3.8, 4) is 11.5 Å². The molecule has 3 aromatic rings. The summed E-state index contributed by atoms with van der Waals surface area (Å²) in [5, 5.41) is 22.3. The van der Waals surface area contributed by atoms with Crippen molar-refractivity contribution in [1.29, 1.82) is 0 Å². The number of amides is 1. The Bertz CT molecular complexity index is 1340. The van der Waals surface area contributed by atoms with E-state index < -0.39 is 22.7 Å². The maximum absolute atomic E-state index is 13.1. The molecule has 5 rings (SSSR count). The second kappa shape index (κ2) is 8.32. The van der Waals surface area contributed by atoms with Gasteiger partial charge in [0.25, 0.3) is 17.4 Å². The van der Waals surface area contributed by atoms with Crippen LogP contribution >= 0.6 is 0 Å². The second-order valence-electron chi connectivity index (χ2n) is 7.70. The van der Waals surface area contributed by atoms with Gasteiger partial charge in [-0.15, -0.1) is 0 Å². The van der Waals surface area contributed by atoms with Gasteiger partial charge in [0, 0.05) is 36.6 Å². The molecule has 3 heterocycles. The standard InChI is InChI=1S/C24H17N3O7/c28-22(16-5-8-18-19(10-16)34-13-33-18)20-21(15-3-6-17(7-4-15)27(31)32)26(24(30)23(20)29)12-14-2-1-9-25-11-14/h1-11,21,28H,12-13H2/b22-20+. The number of pyridine rings is 1. The molecule has 2 aliphatic heterocycles. The van der Waals surface area contributed by atoms with Crippen molar-refractivity contribution in [2.45, 2.75) is 12.6 Å². The summed E-state index contributed by atoms with van der Waals surface area (Å²) in [5.74, 6) is -1.13. The molecule has 1 N–H and O–H groups in total. The lowest BCUT2D eigenvalue weighted by atomic mass is 9.95. The summed E-state index contributed by atoms with van der Waals surface area (Å²) in [6.45, 7) is 0.0931. The largest absolute Gasteiger partial charge is 0.507 e. The van der Waals surface area contributed by atoms with Crippen molar-refractivity contribution >= 4 is 23.1 Å². The maximum Gasteiger partial charge on any atom is 0.295 e. The van der Waals surface area contributed by atoms with E-state index in [2.05, 4.69) is 4.98 Å². The SMILES string of the molecule is O=C1C(=O)N(Cc2cccnc2)C(c2ccc([N+](=O)[O-])cc2)/C1=C(\O)c1ccc2c(c1)OCO2. The summed E-state index contributed by atoms with van der Waals surface area (Å²) >= 11 is 0. The van der Waals surface area contributed by atoms with E-state index in [1.165, 1.54) is 35.2 Å². The van der Waals surface area contributed by atoms with Gasteiger partial charge in [-0.3, -0.25) is 24.7 Å². The number of likely N-dealkylation sites (tertiary alicyclic amines) is 1. The summed E-state index contributed by atoms with van der Waals surface area (Å²) in [6.07, 6.45) is 3.16. The number of nitro groups is 1. The van der Waals surface area contributed by atoms with Crippen LogP contribution in [0.3, 0.4) is 0 Å². The highest BCUT2D eigenvalue weighted by molar-refractivity contribution is 6.46. The molecule has 34 heavy (non-hydrogen) atoms. The number of ketones is 1. The van der Waals surface area contributed by atoms with Gasteiger partial charge in [0.2, 0.25) is 6.79 Å². The first kappa shape index (κ1) is 21.1. The van der Waals surface area contributed by atoms with Crippen LogP contribution in [0.15, 0.2) is 72.6 Å². The third-order valence-electron chi connectivity index (χ3n) is 5.68. The predicted octanol–water partition coefficient (Wildman–Crippen LogP) is 3.34. The Labute approximate surface area is 192 Å². The first-order chi connectivity index (χ1) is 16.4. The fourth-order valence-corrected chi connectivity index (χ4v) is 4.06. The molecule has 170 valence electrons. The smallest absolute Gasteiger partial charge is 0.295 e. The average Bonchev–Trinajstić information content (AvgIpc) is 3.42. The monoisotopic (exact) mass is 459 g/mol. The zero-order chi connectivity index (χ0) is 23.8. The van der Waals surface area contributed by atoms with Crippen LogP contribution in [0.2, 0.25) is 0 Å². The minimum Gasteiger partial charge on any atom is -0.507 e. The van der Waals surface area contributed by atoms with E-state index >= 15 is 0 Å². The fraction of sp³-hybridized carbons (Fsp3) is 0.125. The lowest BCUT2D eigenvalue weighted by Gasteiger charge is -2.25. The summed E-state index contributed by atoms with van der Waals surface area (Å²) in [6, 6.07) is 12.7. The summed E-state index contributed by atoms with van der Waals surface area (Å²) in [5.41, 5.74) is 1.14. The third-order valence-corrected chi connectivity index (χ3v) is 5.68. The zero-order valence-electron chi connectivity index (χ0n) is 17.6. The van der Waals surface area contributed by atoms with Crippen LogP contribution in [0.25, 0.3) is 5.76 Å². The van der Waals surface area contributed by atoms with E-state index in [9.17, 15) is 24.8 Å². The first-order valence-electron chi connectivity index (χ1n) is 10.3. The highest BCUT2D eigenvalue weighted by Gasteiger charge is 2.46. The number of non-ortho nitro benzene ring substituents is 1. The van der Waals surface area contributed by atoms with E-state index in [0.29, 0.717) is 22.6 Å². The molecule has 1 unspecified atom stereocenters. The molecular formula is C24H17N3O7. The number of hydrogen-bond donors (Lipinski definition) is 1. The number of carbonyl (C=O) groups is 2. The highest BCUT2D eigenvalue weighted by Crippen LogP contribution is 2.42. The lowest BCUT2D eigenvalue weighted by Crippen LogP contribution is -2.29. The molecular weight excluding hydrogens is 442 g/mol. The normalized spacial score (nSPS) is 18.4. The van der Waals surface area contributed by atoms with Crippen molar-refractivity contribution in [1.82, 2.24) is 9.88 Å². The van der Waals surface area contributed by atoms with Crippen molar-refractivity contribution < 1.29 is 29.1 Å². The number of Topliss-reactive ketones (excluding diaryl/α,β-unsaturated/α-hetero) is 1. The zero-order valence-corrected chi connectivity index (χ0v) is 17.6. The van der Waals surface area contributed by atoms with Crippen LogP contribution in [-0.2, 0) is 16.1 Å². The first-order valence-corrected chi connectivity index (χ1v) is 10.3. The van der Waals surface area contributed by atoms with E-state index in [0.717, 1.165) is 0 Å². The molecule has 10 nitrogen and oxygen atoms in total. The number of carbonyl (C=O) groups excluding carboxylic acids is 2. The van der Waals surface area contributed by atoms with Gasteiger partial charge in [0.05, 0.1) is 16.5 Å². The number of aliphatic hydroxyl groups is 1. The Hall–Kier alpha value is -4.73. The maximum atomic E-state index is 13.1. The number of aromatic nitrogens is 1. The van der Waals surface area contributed by atoms with E-state index in [1.807, 2.05) is 0 Å². The number of hydrogen-bond acceptors (Lipinski definition) is 8. The molecule has 0 aliphatic carbocycles. The van der Waals surface area contributed by atoms with Crippen molar-refractivity contribution in [3.05, 3.63) is 99.4 Å². The Morgan fingerprint density at radius 3 is 2.59 bits per heavy atom. The highest BCUT2D eigenvalue weighted by atomic mass is 16.7. The lowest BCUT2D eigenvalue weighted by molar-refractivity contribution is -0.384. The Morgan fingerprint density at radius 1 is 1.12 bits per heavy atom. The number of fused-ring (bicyclic) bond motifs is 1. The molecule has 1 saturated heterocycles. The minimum atomic E-state index is -0.966. The number of rotatable bonds is 5. The number of benzene rings is 2. The molecule has 0 saturated carbocycles. The predicted molar refractivity (Wildman–Crippen MR) is 118 cm³/mol. The Kier molecular flexibility index (Phi) is 5.17. The molecule has 1 atom stereocenters. The van der Waals surface area contributed by atoms with Gasteiger partial charge in [-0.1, -0.05) is 6.07 Å². The second-order valence-corrected chi connectivity index (χ2v) is 7.70. The quantitative estimate of drug-likeness (QED) is 0.202. The summed E-state index contributed by atoms with van der Waals surface area (Å²) < 4.78 is 10.6. The van der Waals surface area contributed by atoms with Crippen LogP contribution < -0.4 is 9.47 Å². The molecule has 2 aliphatic rings. The minimum absolute atomic E-state index is 0.0395. The van der Waals surface area contributed by atoms with Crippen LogP contribution in [0.4, 0.5) is 5.69 Å². The molecule has 10 heteroatoms. The van der Waals surface area contributed by atoms with E-state index in [1.54, 1.807) is 36.7 Å². The molecule has 1 amide bonds. The van der Waals surface area contributed by atoms with Crippen molar-refractivity contribution in [3.63, 3.8) is 0 Å². The topological polar surface area (TPSA) is 132 Å².